The van der Waals surface area contributed by atoms with Crippen LogP contribution in [0.1, 0.15) is 38.4 Å². The molecule has 96 valence electrons. The van der Waals surface area contributed by atoms with Gasteiger partial charge in [-0.05, 0) is 26.9 Å². The lowest BCUT2D eigenvalue weighted by Gasteiger charge is -2.34. The van der Waals surface area contributed by atoms with E-state index in [9.17, 15) is 0 Å². The molecule has 1 aliphatic rings. The minimum atomic E-state index is 0.430. The molecule has 5 heteroatoms. The Morgan fingerprint density at radius 3 is 2.41 bits per heavy atom. The first-order chi connectivity index (χ1) is 8.08. The van der Waals surface area contributed by atoms with Gasteiger partial charge in [0.25, 0.3) is 0 Å². The molecule has 0 unspecified atom stereocenters. The Hall–Kier alpha value is -0.680. The van der Waals surface area contributed by atoms with Crippen LogP contribution < -0.4 is 4.90 Å². The summed E-state index contributed by atoms with van der Waals surface area (Å²) in [6.45, 7) is 6.50. The van der Waals surface area contributed by atoms with E-state index >= 15 is 0 Å². The molecular weight excluding hydrogens is 232 g/mol. The van der Waals surface area contributed by atoms with Gasteiger partial charge in [0.15, 0.2) is 0 Å². The SMILES string of the molecule is CC(C)c1nsc(N2CCC(N(C)C)CC2)n1. The van der Waals surface area contributed by atoms with Crippen molar-refractivity contribution < 1.29 is 0 Å². The van der Waals surface area contributed by atoms with Crippen LogP contribution in [0.3, 0.4) is 0 Å². The van der Waals surface area contributed by atoms with Crippen LogP contribution >= 0.6 is 11.5 Å². The van der Waals surface area contributed by atoms with E-state index in [0.717, 1.165) is 30.1 Å². The molecule has 1 aliphatic heterocycles. The summed E-state index contributed by atoms with van der Waals surface area (Å²) in [7, 11) is 4.34. The molecule has 2 rings (SSSR count). The fourth-order valence-corrected chi connectivity index (χ4v) is 3.02. The van der Waals surface area contributed by atoms with E-state index < -0.39 is 0 Å². The van der Waals surface area contributed by atoms with Crippen LogP contribution in [-0.4, -0.2) is 47.5 Å². The molecule has 1 fully saturated rings. The van der Waals surface area contributed by atoms with E-state index in [1.165, 1.54) is 12.8 Å². The van der Waals surface area contributed by atoms with E-state index in [4.69, 9.17) is 0 Å². The number of rotatable bonds is 3. The van der Waals surface area contributed by atoms with Gasteiger partial charge in [-0.2, -0.15) is 4.37 Å². The summed E-state index contributed by atoms with van der Waals surface area (Å²) in [5, 5.41) is 1.10. The third-order valence-electron chi connectivity index (χ3n) is 3.41. The van der Waals surface area contributed by atoms with E-state index in [1.807, 2.05) is 0 Å². The Balaban J connectivity index is 1.96. The molecule has 4 nitrogen and oxygen atoms in total. The number of hydrogen-bond donors (Lipinski definition) is 0. The second-order valence-corrected chi connectivity index (χ2v) is 6.00. The van der Waals surface area contributed by atoms with E-state index in [-0.39, 0.29) is 0 Å². The number of aromatic nitrogens is 2. The van der Waals surface area contributed by atoms with Gasteiger partial charge in [0.2, 0.25) is 5.13 Å². The second kappa shape index (κ2) is 5.31. The number of anilines is 1. The smallest absolute Gasteiger partial charge is 0.205 e. The van der Waals surface area contributed by atoms with Crippen molar-refractivity contribution in [3.8, 4) is 0 Å². The Morgan fingerprint density at radius 1 is 1.29 bits per heavy atom. The predicted molar refractivity (Wildman–Crippen MR) is 72.9 cm³/mol. The van der Waals surface area contributed by atoms with Gasteiger partial charge in [-0.15, -0.1) is 0 Å². The number of nitrogens with zero attached hydrogens (tertiary/aromatic N) is 4. The van der Waals surface area contributed by atoms with Gasteiger partial charge in [-0.1, -0.05) is 13.8 Å². The first-order valence-electron chi connectivity index (χ1n) is 6.33. The predicted octanol–water partition coefficient (Wildman–Crippen LogP) is 2.19. The van der Waals surface area contributed by atoms with Crippen molar-refractivity contribution >= 4 is 16.7 Å². The first kappa shape index (κ1) is 12.8. The Morgan fingerprint density at radius 2 is 1.94 bits per heavy atom. The fourth-order valence-electron chi connectivity index (χ4n) is 2.16. The molecular formula is C12H22N4S. The molecule has 0 radical (unpaired) electrons. The quantitative estimate of drug-likeness (QED) is 0.827. The van der Waals surface area contributed by atoms with Crippen LogP contribution in [0.15, 0.2) is 0 Å². The van der Waals surface area contributed by atoms with Gasteiger partial charge < -0.3 is 9.80 Å². The number of hydrogen-bond acceptors (Lipinski definition) is 5. The highest BCUT2D eigenvalue weighted by atomic mass is 32.1. The lowest BCUT2D eigenvalue weighted by atomic mass is 10.0. The normalized spacial score (nSPS) is 18.4. The van der Waals surface area contributed by atoms with Crippen LogP contribution in [0.2, 0.25) is 0 Å². The topological polar surface area (TPSA) is 32.3 Å². The summed E-state index contributed by atoms with van der Waals surface area (Å²) in [6, 6.07) is 0.726. The van der Waals surface area contributed by atoms with Gasteiger partial charge in [0.05, 0.1) is 0 Å². The molecule has 1 saturated heterocycles. The van der Waals surface area contributed by atoms with Crippen molar-refractivity contribution in [2.45, 2.75) is 38.6 Å². The van der Waals surface area contributed by atoms with Crippen LogP contribution in [0.4, 0.5) is 5.13 Å². The van der Waals surface area contributed by atoms with E-state index in [1.54, 1.807) is 11.5 Å². The van der Waals surface area contributed by atoms with Crippen LogP contribution in [0, 0.1) is 0 Å². The average molecular weight is 254 g/mol. The summed E-state index contributed by atoms with van der Waals surface area (Å²) in [4.78, 5) is 9.33. The minimum absolute atomic E-state index is 0.430. The van der Waals surface area contributed by atoms with Crippen molar-refractivity contribution in [1.82, 2.24) is 14.3 Å². The highest BCUT2D eigenvalue weighted by Gasteiger charge is 2.23. The Kier molecular flexibility index (Phi) is 3.99. The molecule has 0 spiro atoms. The summed E-state index contributed by atoms with van der Waals surface area (Å²) in [5.74, 6) is 1.42. The summed E-state index contributed by atoms with van der Waals surface area (Å²) in [5.41, 5.74) is 0. The van der Waals surface area contributed by atoms with Gasteiger partial charge in [0.1, 0.15) is 5.82 Å². The average Bonchev–Trinajstić information content (AvgIpc) is 2.78. The van der Waals surface area contributed by atoms with Gasteiger partial charge in [0, 0.05) is 36.6 Å². The lowest BCUT2D eigenvalue weighted by Crippen LogP contribution is -2.41. The van der Waals surface area contributed by atoms with E-state index in [0.29, 0.717) is 5.92 Å². The Labute approximate surface area is 108 Å². The molecule has 0 amide bonds. The molecule has 17 heavy (non-hydrogen) atoms. The van der Waals surface area contributed by atoms with Gasteiger partial charge in [-0.25, -0.2) is 4.98 Å². The molecule has 0 atom stereocenters. The zero-order valence-electron chi connectivity index (χ0n) is 11.2. The number of piperidine rings is 1. The van der Waals surface area contributed by atoms with Crippen molar-refractivity contribution in [2.75, 3.05) is 32.1 Å². The molecule has 2 heterocycles. The van der Waals surface area contributed by atoms with Crippen LogP contribution in [0.5, 0.6) is 0 Å². The fraction of sp³-hybridized carbons (Fsp3) is 0.833. The summed E-state index contributed by atoms with van der Waals surface area (Å²) < 4.78 is 4.42. The molecule has 0 saturated carbocycles. The van der Waals surface area contributed by atoms with Gasteiger partial charge in [-0.3, -0.25) is 0 Å². The zero-order valence-corrected chi connectivity index (χ0v) is 12.0. The van der Waals surface area contributed by atoms with Gasteiger partial charge >= 0.3 is 0 Å². The Bertz CT molecular complexity index is 353. The monoisotopic (exact) mass is 254 g/mol. The molecule has 0 aliphatic carbocycles. The third kappa shape index (κ3) is 2.96. The molecule has 1 aromatic heterocycles. The van der Waals surface area contributed by atoms with E-state index in [2.05, 4.69) is 47.1 Å². The minimum Gasteiger partial charge on any atom is -0.347 e. The maximum absolute atomic E-state index is 4.62. The maximum atomic E-state index is 4.62. The van der Waals surface area contributed by atoms with Crippen molar-refractivity contribution in [2.24, 2.45) is 0 Å². The first-order valence-corrected chi connectivity index (χ1v) is 7.10. The lowest BCUT2D eigenvalue weighted by molar-refractivity contribution is 0.249. The van der Waals surface area contributed by atoms with Crippen LogP contribution in [0.25, 0.3) is 0 Å². The van der Waals surface area contributed by atoms with Crippen molar-refractivity contribution in [1.29, 1.82) is 0 Å². The zero-order chi connectivity index (χ0) is 12.4. The van der Waals surface area contributed by atoms with Crippen LogP contribution in [-0.2, 0) is 0 Å². The largest absolute Gasteiger partial charge is 0.347 e. The standard InChI is InChI=1S/C12H22N4S/c1-9(2)11-13-12(17-14-11)16-7-5-10(6-8-16)15(3)4/h9-10H,5-8H2,1-4H3. The molecule has 0 N–H and O–H groups in total. The van der Waals surface area contributed by atoms with Crippen molar-refractivity contribution in [3.63, 3.8) is 0 Å². The molecule has 1 aromatic rings. The maximum Gasteiger partial charge on any atom is 0.205 e. The molecule has 0 aromatic carbocycles. The second-order valence-electron chi connectivity index (χ2n) is 5.27. The highest BCUT2D eigenvalue weighted by molar-refractivity contribution is 7.09. The van der Waals surface area contributed by atoms with Crippen molar-refractivity contribution in [3.05, 3.63) is 5.82 Å². The third-order valence-corrected chi connectivity index (χ3v) is 4.20. The summed E-state index contributed by atoms with van der Waals surface area (Å²) >= 11 is 1.55. The molecule has 0 bridgehead atoms. The summed E-state index contributed by atoms with van der Waals surface area (Å²) in [6.07, 6.45) is 2.45. The highest BCUT2D eigenvalue weighted by Crippen LogP contribution is 2.25.